The van der Waals surface area contributed by atoms with Gasteiger partial charge in [0, 0.05) is 12.4 Å². The molecule has 1 nitrogen and oxygen atoms in total. The molecule has 45 valence electrons. The summed E-state index contributed by atoms with van der Waals surface area (Å²) < 4.78 is 0. The lowest BCUT2D eigenvalue weighted by Gasteiger charge is -1.90. The molecule has 0 unspecified atom stereocenters. The maximum Gasteiger partial charge on any atom is 0.0270 e. The Morgan fingerprint density at radius 1 is 1.44 bits per heavy atom. The van der Waals surface area contributed by atoms with Gasteiger partial charge >= 0.3 is 0 Å². The summed E-state index contributed by atoms with van der Waals surface area (Å²) >= 11 is 0. The molecule has 0 saturated heterocycles. The molecule has 0 amide bonds. The molecule has 0 aromatic carbocycles. The van der Waals surface area contributed by atoms with Crippen molar-refractivity contribution in [2.24, 2.45) is 0 Å². The Balaban J connectivity index is 2.72. The molecule has 1 aromatic heterocycles. The first kappa shape index (κ1) is 6.02. The minimum absolute atomic E-state index is 0.822. The Bertz CT molecular complexity index is 179. The van der Waals surface area contributed by atoms with Crippen LogP contribution in [0.25, 0.3) is 0 Å². The van der Waals surface area contributed by atoms with E-state index in [2.05, 4.69) is 4.98 Å². The third-order valence-corrected chi connectivity index (χ3v) is 1.10. The summed E-state index contributed by atoms with van der Waals surface area (Å²) in [5.41, 5.74) is 1.20. The molecule has 1 heterocycles. The molecule has 0 bridgehead atoms. The van der Waals surface area contributed by atoms with Crippen LogP contribution in [0.3, 0.4) is 0 Å². The second kappa shape index (κ2) is 3.02. The molecule has 1 heteroatoms. The fraction of sp³-hybridized carbons (Fsp3) is 0.125. The maximum absolute atomic E-state index is 5.22. The number of pyridine rings is 1. The summed E-state index contributed by atoms with van der Waals surface area (Å²) in [6, 6.07) is 3.90. The van der Waals surface area contributed by atoms with E-state index in [4.69, 9.17) is 6.58 Å². The number of hydrogen-bond acceptors (Lipinski definition) is 1. The minimum Gasteiger partial charge on any atom is -0.265 e. The van der Waals surface area contributed by atoms with Crippen LogP contribution in [0.5, 0.6) is 0 Å². The van der Waals surface area contributed by atoms with Gasteiger partial charge in [-0.15, -0.1) is 0 Å². The van der Waals surface area contributed by atoms with Crippen LogP contribution in [0.4, 0.5) is 0 Å². The van der Waals surface area contributed by atoms with Crippen molar-refractivity contribution in [3.8, 4) is 0 Å². The first-order chi connectivity index (χ1) is 4.43. The van der Waals surface area contributed by atoms with Gasteiger partial charge in [0.25, 0.3) is 0 Å². The lowest BCUT2D eigenvalue weighted by Crippen LogP contribution is -1.78. The standard InChI is InChI=1S/C8H8N/c1-2-3-8-4-6-9-7-5-8/h1-2,4-7H,3H2. The zero-order valence-electron chi connectivity index (χ0n) is 5.12. The molecule has 0 aliphatic carbocycles. The van der Waals surface area contributed by atoms with Crippen molar-refractivity contribution in [1.82, 2.24) is 4.98 Å². The van der Waals surface area contributed by atoms with Gasteiger partial charge in [0.2, 0.25) is 0 Å². The molecule has 1 rings (SSSR count). The Morgan fingerprint density at radius 2 is 2.11 bits per heavy atom. The zero-order chi connectivity index (χ0) is 6.53. The van der Waals surface area contributed by atoms with Crippen molar-refractivity contribution in [3.05, 3.63) is 42.7 Å². The average Bonchev–Trinajstić information content (AvgIpc) is 1.91. The highest BCUT2D eigenvalue weighted by molar-refractivity contribution is 5.12. The van der Waals surface area contributed by atoms with Gasteiger partial charge in [0.05, 0.1) is 0 Å². The normalized spacial score (nSPS) is 8.89. The third-order valence-electron chi connectivity index (χ3n) is 1.10. The largest absolute Gasteiger partial charge is 0.265 e. The van der Waals surface area contributed by atoms with Crippen LogP contribution in [-0.2, 0) is 6.42 Å². The van der Waals surface area contributed by atoms with Gasteiger partial charge in [-0.3, -0.25) is 4.98 Å². The predicted molar refractivity (Wildman–Crippen MR) is 36.8 cm³/mol. The Labute approximate surface area is 55.1 Å². The van der Waals surface area contributed by atoms with E-state index >= 15 is 0 Å². The van der Waals surface area contributed by atoms with Gasteiger partial charge in [-0.2, -0.15) is 0 Å². The molecule has 0 aliphatic rings. The molecule has 0 aliphatic heterocycles. The zero-order valence-corrected chi connectivity index (χ0v) is 5.12. The summed E-state index contributed by atoms with van der Waals surface area (Å²) in [6.45, 7) is 5.22. The molecule has 0 atom stereocenters. The second-order valence-corrected chi connectivity index (χ2v) is 1.80. The van der Waals surface area contributed by atoms with E-state index in [9.17, 15) is 0 Å². The van der Waals surface area contributed by atoms with Crippen molar-refractivity contribution in [1.29, 1.82) is 0 Å². The topological polar surface area (TPSA) is 12.9 Å². The molecule has 9 heavy (non-hydrogen) atoms. The van der Waals surface area contributed by atoms with Gasteiger partial charge in [0.15, 0.2) is 0 Å². The highest BCUT2D eigenvalue weighted by Gasteiger charge is 1.82. The van der Waals surface area contributed by atoms with Gasteiger partial charge in [-0.1, -0.05) is 12.7 Å². The lowest BCUT2D eigenvalue weighted by atomic mass is 10.2. The predicted octanol–water partition coefficient (Wildman–Crippen LogP) is 1.61. The highest BCUT2D eigenvalue weighted by atomic mass is 14.6. The highest BCUT2D eigenvalue weighted by Crippen LogP contribution is 1.96. The Hall–Kier alpha value is -1.11. The van der Waals surface area contributed by atoms with Gasteiger partial charge in [-0.25, -0.2) is 0 Å². The quantitative estimate of drug-likeness (QED) is 0.575. The molecular weight excluding hydrogens is 110 g/mol. The van der Waals surface area contributed by atoms with E-state index in [0.29, 0.717) is 0 Å². The van der Waals surface area contributed by atoms with Crippen LogP contribution in [0.1, 0.15) is 5.56 Å². The minimum atomic E-state index is 0.822. The van der Waals surface area contributed by atoms with Crippen molar-refractivity contribution in [3.63, 3.8) is 0 Å². The monoisotopic (exact) mass is 118 g/mol. The van der Waals surface area contributed by atoms with E-state index in [1.807, 2.05) is 12.1 Å². The first-order valence-electron chi connectivity index (χ1n) is 2.86. The van der Waals surface area contributed by atoms with Crippen LogP contribution >= 0.6 is 0 Å². The number of aromatic nitrogens is 1. The van der Waals surface area contributed by atoms with Crippen LogP contribution in [0.2, 0.25) is 0 Å². The van der Waals surface area contributed by atoms with E-state index in [0.717, 1.165) is 6.42 Å². The number of rotatable bonds is 2. The van der Waals surface area contributed by atoms with Crippen LogP contribution in [-0.4, -0.2) is 4.98 Å². The molecular formula is C8H8N. The van der Waals surface area contributed by atoms with Gasteiger partial charge in [0.1, 0.15) is 0 Å². The van der Waals surface area contributed by atoms with E-state index in [-0.39, 0.29) is 0 Å². The summed E-state index contributed by atoms with van der Waals surface area (Å²) in [5, 5.41) is 0. The third kappa shape index (κ3) is 1.68. The Kier molecular flexibility index (Phi) is 2.02. The van der Waals surface area contributed by atoms with E-state index in [1.165, 1.54) is 5.56 Å². The fourth-order valence-corrected chi connectivity index (χ4v) is 0.655. The van der Waals surface area contributed by atoms with E-state index in [1.54, 1.807) is 18.5 Å². The van der Waals surface area contributed by atoms with E-state index < -0.39 is 0 Å². The van der Waals surface area contributed by atoms with Crippen LogP contribution < -0.4 is 0 Å². The average molecular weight is 118 g/mol. The number of hydrogen-bond donors (Lipinski definition) is 0. The summed E-state index contributed by atoms with van der Waals surface area (Å²) in [5.74, 6) is 0. The number of nitrogens with zero attached hydrogens (tertiary/aromatic N) is 1. The van der Waals surface area contributed by atoms with Crippen LogP contribution in [0.15, 0.2) is 30.6 Å². The SMILES string of the molecule is [CH]=CCc1ccncc1. The smallest absolute Gasteiger partial charge is 0.0270 e. The fourth-order valence-electron chi connectivity index (χ4n) is 0.655. The second-order valence-electron chi connectivity index (χ2n) is 1.80. The summed E-state index contributed by atoms with van der Waals surface area (Å²) in [7, 11) is 0. The van der Waals surface area contributed by atoms with Crippen molar-refractivity contribution >= 4 is 0 Å². The van der Waals surface area contributed by atoms with Gasteiger partial charge < -0.3 is 0 Å². The summed E-state index contributed by atoms with van der Waals surface area (Å²) in [6.07, 6.45) is 5.98. The van der Waals surface area contributed by atoms with Gasteiger partial charge in [-0.05, 0) is 24.1 Å². The maximum atomic E-state index is 5.22. The molecule has 1 aromatic rings. The number of allylic oxidation sites excluding steroid dienone is 1. The van der Waals surface area contributed by atoms with Crippen molar-refractivity contribution in [2.75, 3.05) is 0 Å². The van der Waals surface area contributed by atoms with Crippen molar-refractivity contribution in [2.45, 2.75) is 6.42 Å². The molecule has 0 saturated carbocycles. The molecule has 0 N–H and O–H groups in total. The molecule has 1 radical (unpaired) electrons. The lowest BCUT2D eigenvalue weighted by molar-refractivity contribution is 1.21. The van der Waals surface area contributed by atoms with Crippen LogP contribution in [0, 0.1) is 6.58 Å². The first-order valence-corrected chi connectivity index (χ1v) is 2.86. The Morgan fingerprint density at radius 3 is 2.67 bits per heavy atom. The van der Waals surface area contributed by atoms with Crippen molar-refractivity contribution < 1.29 is 0 Å². The molecule has 0 spiro atoms. The molecule has 0 fully saturated rings. The summed E-state index contributed by atoms with van der Waals surface area (Å²) in [4.78, 5) is 3.87.